The zero-order valence-electron chi connectivity index (χ0n) is 11.3. The largest absolute Gasteiger partial charge is 0.486 e. The van der Waals surface area contributed by atoms with Gasteiger partial charge in [-0.05, 0) is 24.3 Å². The highest BCUT2D eigenvalue weighted by Gasteiger charge is 2.20. The van der Waals surface area contributed by atoms with E-state index in [1.165, 1.54) is 0 Å². The van der Waals surface area contributed by atoms with Gasteiger partial charge in [0.25, 0.3) is 0 Å². The number of nitrogens with one attached hydrogen (secondary N) is 2. The van der Waals surface area contributed by atoms with Crippen LogP contribution in [0.15, 0.2) is 48.7 Å². The molecule has 1 aliphatic rings. The molecule has 2 aromatic rings. The number of urea groups is 1. The van der Waals surface area contributed by atoms with Gasteiger partial charge in [-0.25, -0.2) is 9.78 Å². The molecular formula is C15H15N3O3. The zero-order valence-corrected chi connectivity index (χ0v) is 11.3. The Labute approximate surface area is 122 Å². The van der Waals surface area contributed by atoms with E-state index in [0.717, 1.165) is 5.75 Å². The molecule has 0 saturated heterocycles. The lowest BCUT2D eigenvalue weighted by molar-refractivity contribution is 0.0922. The van der Waals surface area contributed by atoms with E-state index >= 15 is 0 Å². The van der Waals surface area contributed by atoms with E-state index in [0.29, 0.717) is 24.7 Å². The average Bonchev–Trinajstić information content (AvgIpc) is 2.54. The lowest BCUT2D eigenvalue weighted by Crippen LogP contribution is -2.42. The number of carbonyl (C=O) groups excluding carboxylic acids is 1. The second kappa shape index (κ2) is 6.13. The van der Waals surface area contributed by atoms with Crippen molar-refractivity contribution in [3.8, 4) is 11.5 Å². The van der Waals surface area contributed by atoms with Crippen LogP contribution >= 0.6 is 0 Å². The van der Waals surface area contributed by atoms with Gasteiger partial charge < -0.3 is 14.8 Å². The maximum atomic E-state index is 11.7. The zero-order chi connectivity index (χ0) is 14.5. The van der Waals surface area contributed by atoms with Gasteiger partial charge >= 0.3 is 6.03 Å². The van der Waals surface area contributed by atoms with E-state index in [1.54, 1.807) is 24.4 Å². The number of fused-ring (bicyclic) bond motifs is 1. The quantitative estimate of drug-likeness (QED) is 0.905. The summed E-state index contributed by atoms with van der Waals surface area (Å²) in [5.41, 5.74) is 0. The van der Waals surface area contributed by atoms with Gasteiger partial charge in [0.05, 0.1) is 6.54 Å². The predicted octanol–water partition coefficient (Wildman–Crippen LogP) is 2.04. The van der Waals surface area contributed by atoms with Crippen LogP contribution in [0.4, 0.5) is 10.6 Å². The number of pyridine rings is 1. The first-order chi connectivity index (χ1) is 10.3. The van der Waals surface area contributed by atoms with E-state index in [2.05, 4.69) is 15.6 Å². The van der Waals surface area contributed by atoms with E-state index in [-0.39, 0.29) is 12.1 Å². The lowest BCUT2D eigenvalue weighted by atomic mass is 10.2. The molecule has 0 bridgehead atoms. The van der Waals surface area contributed by atoms with Gasteiger partial charge in [-0.15, -0.1) is 0 Å². The molecule has 3 rings (SSSR count). The molecule has 21 heavy (non-hydrogen) atoms. The number of para-hydroxylation sites is 2. The van der Waals surface area contributed by atoms with Crippen molar-refractivity contribution in [3.05, 3.63) is 48.7 Å². The van der Waals surface area contributed by atoms with Gasteiger partial charge in [-0.1, -0.05) is 18.2 Å². The molecule has 2 N–H and O–H groups in total. The number of carbonyl (C=O) groups is 1. The average molecular weight is 285 g/mol. The second-order valence-electron chi connectivity index (χ2n) is 4.55. The molecule has 0 aliphatic carbocycles. The number of rotatable bonds is 3. The summed E-state index contributed by atoms with van der Waals surface area (Å²) in [4.78, 5) is 15.8. The number of amides is 2. The third-order valence-electron chi connectivity index (χ3n) is 2.96. The summed E-state index contributed by atoms with van der Waals surface area (Å²) in [6, 6.07) is 12.5. The summed E-state index contributed by atoms with van der Waals surface area (Å²) in [6.07, 6.45) is 1.40. The fourth-order valence-corrected chi connectivity index (χ4v) is 1.97. The monoisotopic (exact) mass is 285 g/mol. The first kappa shape index (κ1) is 13.2. The smallest absolute Gasteiger partial charge is 0.320 e. The van der Waals surface area contributed by atoms with Crippen molar-refractivity contribution in [3.63, 3.8) is 0 Å². The van der Waals surface area contributed by atoms with Gasteiger partial charge in [0.1, 0.15) is 12.4 Å². The van der Waals surface area contributed by atoms with Crippen molar-refractivity contribution in [1.82, 2.24) is 10.3 Å². The Bertz CT molecular complexity index is 619. The van der Waals surface area contributed by atoms with Crippen molar-refractivity contribution < 1.29 is 14.3 Å². The molecular weight excluding hydrogens is 270 g/mol. The number of benzene rings is 1. The van der Waals surface area contributed by atoms with Gasteiger partial charge in [0.2, 0.25) is 0 Å². The minimum atomic E-state index is -0.323. The first-order valence-electron chi connectivity index (χ1n) is 6.65. The fourth-order valence-electron chi connectivity index (χ4n) is 1.97. The van der Waals surface area contributed by atoms with Gasteiger partial charge in [-0.3, -0.25) is 5.32 Å². The van der Waals surface area contributed by atoms with Gasteiger partial charge in [-0.2, -0.15) is 0 Å². The highest BCUT2D eigenvalue weighted by Crippen LogP contribution is 2.30. The molecule has 6 heteroatoms. The van der Waals surface area contributed by atoms with Crippen molar-refractivity contribution in [2.75, 3.05) is 18.5 Å². The summed E-state index contributed by atoms with van der Waals surface area (Å²) in [7, 11) is 0. The van der Waals surface area contributed by atoms with Crippen LogP contribution in [-0.4, -0.2) is 30.3 Å². The molecule has 0 spiro atoms. The minimum Gasteiger partial charge on any atom is -0.486 e. The van der Waals surface area contributed by atoms with Crippen molar-refractivity contribution in [2.24, 2.45) is 0 Å². The van der Waals surface area contributed by atoms with Crippen LogP contribution in [0.2, 0.25) is 0 Å². The topological polar surface area (TPSA) is 72.5 Å². The molecule has 6 nitrogen and oxygen atoms in total. The molecule has 1 aliphatic heterocycles. The molecule has 1 aromatic carbocycles. The second-order valence-corrected chi connectivity index (χ2v) is 4.55. The SMILES string of the molecule is O=C(NCC1COc2ccccc2O1)Nc1ccccn1. The van der Waals surface area contributed by atoms with Crippen LogP contribution in [0.5, 0.6) is 11.5 Å². The van der Waals surface area contributed by atoms with Crippen LogP contribution in [0.1, 0.15) is 0 Å². The van der Waals surface area contributed by atoms with Crippen LogP contribution in [0.3, 0.4) is 0 Å². The molecule has 1 atom stereocenters. The third-order valence-corrected chi connectivity index (χ3v) is 2.96. The van der Waals surface area contributed by atoms with Crippen molar-refractivity contribution in [1.29, 1.82) is 0 Å². The van der Waals surface area contributed by atoms with E-state index in [4.69, 9.17) is 9.47 Å². The summed E-state index contributed by atoms with van der Waals surface area (Å²) in [5.74, 6) is 1.92. The van der Waals surface area contributed by atoms with Gasteiger partial charge in [0, 0.05) is 6.20 Å². The maximum Gasteiger partial charge on any atom is 0.320 e. The Morgan fingerprint density at radius 2 is 2.00 bits per heavy atom. The molecule has 2 heterocycles. The molecule has 108 valence electrons. The summed E-state index contributed by atoms with van der Waals surface area (Å²) in [5, 5.41) is 5.38. The van der Waals surface area contributed by atoms with Crippen molar-refractivity contribution >= 4 is 11.8 Å². The Kier molecular flexibility index (Phi) is 3.86. The molecule has 1 aromatic heterocycles. The third kappa shape index (κ3) is 3.42. The normalized spacial score (nSPS) is 16.1. The summed E-state index contributed by atoms with van der Waals surface area (Å²) in [6.45, 7) is 0.758. The molecule has 2 amide bonds. The number of anilines is 1. The number of nitrogens with zero attached hydrogens (tertiary/aromatic N) is 1. The highest BCUT2D eigenvalue weighted by molar-refractivity contribution is 5.88. The Morgan fingerprint density at radius 1 is 1.19 bits per heavy atom. The Morgan fingerprint density at radius 3 is 2.81 bits per heavy atom. The number of hydrogen-bond donors (Lipinski definition) is 2. The van der Waals surface area contributed by atoms with Crippen LogP contribution in [-0.2, 0) is 0 Å². The highest BCUT2D eigenvalue weighted by atomic mass is 16.6. The molecule has 1 unspecified atom stereocenters. The predicted molar refractivity (Wildman–Crippen MR) is 77.6 cm³/mol. The molecule has 0 fully saturated rings. The first-order valence-corrected chi connectivity index (χ1v) is 6.65. The number of aromatic nitrogens is 1. The van der Waals surface area contributed by atoms with E-state index < -0.39 is 0 Å². The van der Waals surface area contributed by atoms with E-state index in [9.17, 15) is 4.79 Å². The van der Waals surface area contributed by atoms with Crippen molar-refractivity contribution in [2.45, 2.75) is 6.10 Å². The van der Waals surface area contributed by atoms with Crippen LogP contribution < -0.4 is 20.1 Å². The number of ether oxygens (including phenoxy) is 2. The standard InChI is InChI=1S/C15H15N3O3/c19-15(18-14-7-3-4-8-16-14)17-9-11-10-20-12-5-1-2-6-13(12)21-11/h1-8,11H,9-10H2,(H2,16,17,18,19). The summed E-state index contributed by atoms with van der Waals surface area (Å²) < 4.78 is 11.3. The molecule has 0 radical (unpaired) electrons. The Balaban J connectivity index is 1.49. The fraction of sp³-hybridized carbons (Fsp3) is 0.200. The summed E-state index contributed by atoms with van der Waals surface area (Å²) >= 11 is 0. The molecule has 0 saturated carbocycles. The minimum absolute atomic E-state index is 0.214. The maximum absolute atomic E-state index is 11.7. The number of hydrogen-bond acceptors (Lipinski definition) is 4. The van der Waals surface area contributed by atoms with Gasteiger partial charge in [0.15, 0.2) is 17.6 Å². The van der Waals surface area contributed by atoms with E-state index in [1.807, 2.05) is 24.3 Å². The van der Waals surface area contributed by atoms with Crippen LogP contribution in [0.25, 0.3) is 0 Å². The Hall–Kier alpha value is -2.76. The lowest BCUT2D eigenvalue weighted by Gasteiger charge is -2.26. The van der Waals surface area contributed by atoms with Crippen LogP contribution in [0, 0.1) is 0 Å².